The van der Waals surface area contributed by atoms with E-state index in [1.807, 2.05) is 37.2 Å². The number of amides is 1. The van der Waals surface area contributed by atoms with Crippen molar-refractivity contribution in [3.8, 4) is 5.75 Å². The lowest BCUT2D eigenvalue weighted by atomic mass is 10.2. The van der Waals surface area contributed by atoms with Gasteiger partial charge in [0.25, 0.3) is 5.91 Å². The molecule has 0 aliphatic heterocycles. The highest BCUT2D eigenvalue weighted by Crippen LogP contribution is 2.13. The second-order valence-electron chi connectivity index (χ2n) is 5.63. The summed E-state index contributed by atoms with van der Waals surface area (Å²) in [5.41, 5.74) is 0.585. The van der Waals surface area contributed by atoms with Crippen LogP contribution in [0.15, 0.2) is 36.5 Å². The van der Waals surface area contributed by atoms with Gasteiger partial charge in [-0.05, 0) is 36.8 Å². The van der Waals surface area contributed by atoms with Crippen molar-refractivity contribution >= 4 is 11.7 Å². The fourth-order valence-corrected chi connectivity index (χ4v) is 2.02. The van der Waals surface area contributed by atoms with Crippen LogP contribution in [0, 0.1) is 0 Å². The molecule has 0 fully saturated rings. The van der Waals surface area contributed by atoms with Crippen LogP contribution in [0.25, 0.3) is 0 Å². The summed E-state index contributed by atoms with van der Waals surface area (Å²) in [5, 5.41) is 2.83. The van der Waals surface area contributed by atoms with Crippen LogP contribution in [-0.2, 0) is 6.54 Å². The van der Waals surface area contributed by atoms with E-state index in [-0.39, 0.29) is 12.5 Å². The Bertz CT molecular complexity index is 656. The molecule has 6 nitrogen and oxygen atoms in total. The smallest absolute Gasteiger partial charge is 0.251 e. The average Bonchev–Trinajstić information content (AvgIpc) is 2.60. The Morgan fingerprint density at radius 2 is 1.96 bits per heavy atom. The van der Waals surface area contributed by atoms with Crippen LogP contribution >= 0.6 is 0 Å². The van der Waals surface area contributed by atoms with E-state index >= 15 is 0 Å². The first-order valence-corrected chi connectivity index (χ1v) is 8.10. The van der Waals surface area contributed by atoms with Gasteiger partial charge < -0.3 is 15.0 Å². The summed E-state index contributed by atoms with van der Waals surface area (Å²) in [6.45, 7) is 3.10. The summed E-state index contributed by atoms with van der Waals surface area (Å²) < 4.78 is 5.59. The molecule has 1 heterocycles. The van der Waals surface area contributed by atoms with Gasteiger partial charge in [-0.3, -0.25) is 4.79 Å². The van der Waals surface area contributed by atoms with E-state index in [1.165, 1.54) is 0 Å². The first-order chi connectivity index (χ1) is 11.6. The SMILES string of the molecule is CCCCOc1ccc(C(=O)NCc2nccc(N(C)C)n2)cc1. The van der Waals surface area contributed by atoms with Crippen LogP contribution in [-0.4, -0.2) is 36.6 Å². The molecule has 1 N–H and O–H groups in total. The van der Waals surface area contributed by atoms with Crippen molar-refractivity contribution in [2.75, 3.05) is 25.6 Å². The molecule has 6 heteroatoms. The molecule has 0 radical (unpaired) electrons. The highest BCUT2D eigenvalue weighted by molar-refractivity contribution is 5.94. The Balaban J connectivity index is 1.89. The summed E-state index contributed by atoms with van der Waals surface area (Å²) in [6, 6.07) is 8.96. The molecule has 0 unspecified atom stereocenters. The van der Waals surface area contributed by atoms with Gasteiger partial charge in [0, 0.05) is 25.9 Å². The summed E-state index contributed by atoms with van der Waals surface area (Å²) >= 11 is 0. The zero-order chi connectivity index (χ0) is 17.4. The van der Waals surface area contributed by atoms with E-state index in [0.29, 0.717) is 18.0 Å². The van der Waals surface area contributed by atoms with Crippen molar-refractivity contribution in [2.24, 2.45) is 0 Å². The average molecular weight is 328 g/mol. The number of hydrogen-bond acceptors (Lipinski definition) is 5. The van der Waals surface area contributed by atoms with Gasteiger partial charge in [0.2, 0.25) is 0 Å². The fourth-order valence-electron chi connectivity index (χ4n) is 2.02. The van der Waals surface area contributed by atoms with Crippen LogP contribution in [0.1, 0.15) is 35.9 Å². The first-order valence-electron chi connectivity index (χ1n) is 8.10. The topological polar surface area (TPSA) is 67.3 Å². The molecule has 2 aromatic rings. The molecule has 128 valence electrons. The van der Waals surface area contributed by atoms with Crippen LogP contribution in [0.2, 0.25) is 0 Å². The highest BCUT2D eigenvalue weighted by atomic mass is 16.5. The van der Waals surface area contributed by atoms with E-state index in [2.05, 4.69) is 22.2 Å². The highest BCUT2D eigenvalue weighted by Gasteiger charge is 2.07. The molecule has 1 aromatic heterocycles. The number of hydrogen-bond donors (Lipinski definition) is 1. The molecule has 0 aliphatic rings. The number of nitrogens with one attached hydrogen (secondary N) is 1. The van der Waals surface area contributed by atoms with Gasteiger partial charge in [-0.15, -0.1) is 0 Å². The number of carbonyl (C=O) groups excluding carboxylic acids is 1. The Morgan fingerprint density at radius 1 is 1.21 bits per heavy atom. The number of rotatable bonds is 8. The quantitative estimate of drug-likeness (QED) is 0.755. The monoisotopic (exact) mass is 328 g/mol. The lowest BCUT2D eigenvalue weighted by Crippen LogP contribution is -2.24. The van der Waals surface area contributed by atoms with E-state index < -0.39 is 0 Å². The van der Waals surface area contributed by atoms with Crippen molar-refractivity contribution in [1.29, 1.82) is 0 Å². The van der Waals surface area contributed by atoms with Crippen molar-refractivity contribution in [2.45, 2.75) is 26.3 Å². The van der Waals surface area contributed by atoms with E-state index in [9.17, 15) is 4.79 Å². The maximum absolute atomic E-state index is 12.2. The van der Waals surface area contributed by atoms with Gasteiger partial charge in [0.05, 0.1) is 13.2 Å². The predicted octanol–water partition coefficient (Wildman–Crippen LogP) is 2.65. The van der Waals surface area contributed by atoms with Gasteiger partial charge >= 0.3 is 0 Å². The van der Waals surface area contributed by atoms with Crippen LogP contribution in [0.3, 0.4) is 0 Å². The minimum Gasteiger partial charge on any atom is -0.494 e. The Kier molecular flexibility index (Phi) is 6.54. The van der Waals surface area contributed by atoms with E-state index in [4.69, 9.17) is 4.74 Å². The van der Waals surface area contributed by atoms with Gasteiger partial charge in [-0.25, -0.2) is 9.97 Å². The third kappa shape index (κ3) is 5.22. The molecular weight excluding hydrogens is 304 g/mol. The number of aromatic nitrogens is 2. The molecule has 0 spiro atoms. The normalized spacial score (nSPS) is 10.3. The largest absolute Gasteiger partial charge is 0.494 e. The maximum atomic E-state index is 12.2. The fraction of sp³-hybridized carbons (Fsp3) is 0.389. The first kappa shape index (κ1) is 17.7. The number of benzene rings is 1. The van der Waals surface area contributed by atoms with Crippen molar-refractivity contribution < 1.29 is 9.53 Å². The molecule has 1 amide bonds. The Labute approximate surface area is 142 Å². The summed E-state index contributed by atoms with van der Waals surface area (Å²) in [5.74, 6) is 2.01. The Hall–Kier alpha value is -2.63. The van der Waals surface area contributed by atoms with Crippen LogP contribution in [0.5, 0.6) is 5.75 Å². The maximum Gasteiger partial charge on any atom is 0.251 e. The standard InChI is InChI=1S/C18H24N4O2/c1-4-5-12-24-15-8-6-14(7-9-15)18(23)20-13-16-19-11-10-17(21-16)22(2)3/h6-11H,4-5,12-13H2,1-3H3,(H,20,23). The van der Waals surface area contributed by atoms with E-state index in [0.717, 1.165) is 24.4 Å². The number of nitrogens with zero attached hydrogens (tertiary/aromatic N) is 3. The lowest BCUT2D eigenvalue weighted by Gasteiger charge is -2.12. The van der Waals surface area contributed by atoms with Gasteiger partial charge in [0.1, 0.15) is 17.4 Å². The predicted molar refractivity (Wildman–Crippen MR) is 94.4 cm³/mol. The molecule has 2 rings (SSSR count). The summed E-state index contributed by atoms with van der Waals surface area (Å²) in [7, 11) is 3.82. The Morgan fingerprint density at radius 3 is 2.62 bits per heavy atom. The van der Waals surface area contributed by atoms with Gasteiger partial charge in [0.15, 0.2) is 0 Å². The van der Waals surface area contributed by atoms with Crippen LogP contribution in [0.4, 0.5) is 5.82 Å². The molecule has 1 aromatic carbocycles. The number of unbranched alkanes of at least 4 members (excludes halogenated alkanes) is 1. The zero-order valence-corrected chi connectivity index (χ0v) is 14.5. The molecule has 0 saturated carbocycles. The number of ether oxygens (including phenoxy) is 1. The van der Waals surface area contributed by atoms with E-state index in [1.54, 1.807) is 18.3 Å². The van der Waals surface area contributed by atoms with Crippen LogP contribution < -0.4 is 15.0 Å². The molecule has 0 aliphatic carbocycles. The third-order valence-electron chi connectivity index (χ3n) is 3.44. The second-order valence-corrected chi connectivity index (χ2v) is 5.63. The molecule has 0 atom stereocenters. The molecule has 0 bridgehead atoms. The summed E-state index contributed by atoms with van der Waals surface area (Å²) in [6.07, 6.45) is 3.80. The van der Waals surface area contributed by atoms with Crippen molar-refractivity contribution in [3.05, 3.63) is 47.9 Å². The van der Waals surface area contributed by atoms with Crippen molar-refractivity contribution in [3.63, 3.8) is 0 Å². The van der Waals surface area contributed by atoms with Crippen molar-refractivity contribution in [1.82, 2.24) is 15.3 Å². The minimum absolute atomic E-state index is 0.158. The lowest BCUT2D eigenvalue weighted by molar-refractivity contribution is 0.0950. The third-order valence-corrected chi connectivity index (χ3v) is 3.44. The zero-order valence-electron chi connectivity index (χ0n) is 14.5. The second kappa shape index (κ2) is 8.86. The number of carbonyl (C=O) groups is 1. The molecular formula is C18H24N4O2. The van der Waals surface area contributed by atoms with Gasteiger partial charge in [-0.1, -0.05) is 13.3 Å². The minimum atomic E-state index is -0.158. The van der Waals surface area contributed by atoms with Gasteiger partial charge in [-0.2, -0.15) is 0 Å². The molecule has 24 heavy (non-hydrogen) atoms. The number of anilines is 1. The summed E-state index contributed by atoms with van der Waals surface area (Å²) in [4.78, 5) is 22.6. The molecule has 0 saturated heterocycles.